The molecule has 0 fully saturated rings. The Bertz CT molecular complexity index is 532. The van der Waals surface area contributed by atoms with Gasteiger partial charge in [-0.05, 0) is 37.9 Å². The van der Waals surface area contributed by atoms with Gasteiger partial charge in [-0.1, -0.05) is 11.4 Å². The van der Waals surface area contributed by atoms with E-state index in [2.05, 4.69) is 40.0 Å². The van der Waals surface area contributed by atoms with Crippen molar-refractivity contribution in [2.75, 3.05) is 0 Å². The van der Waals surface area contributed by atoms with Crippen molar-refractivity contribution in [2.45, 2.75) is 46.2 Å². The van der Waals surface area contributed by atoms with Crippen molar-refractivity contribution in [3.63, 3.8) is 0 Å². The maximum atomic E-state index is 5.68. The average molecular weight is 280 g/mol. The molecule has 1 atom stereocenters. The highest BCUT2D eigenvalue weighted by Gasteiger charge is 2.19. The predicted molar refractivity (Wildman–Crippen MR) is 75.7 cm³/mol. The molecule has 0 aliphatic carbocycles. The maximum absolute atomic E-state index is 5.68. The van der Waals surface area contributed by atoms with Crippen LogP contribution in [0.3, 0.4) is 0 Å². The molecule has 2 heterocycles. The largest absolute Gasteiger partial charge is 0.271 e. The number of hydrogen-bond donors (Lipinski definition) is 2. The van der Waals surface area contributed by atoms with Gasteiger partial charge >= 0.3 is 0 Å². The Labute approximate surface area is 117 Å². The van der Waals surface area contributed by atoms with Crippen molar-refractivity contribution >= 4 is 11.5 Å². The zero-order chi connectivity index (χ0) is 13.8. The van der Waals surface area contributed by atoms with Gasteiger partial charge in [-0.2, -0.15) is 5.10 Å². The van der Waals surface area contributed by atoms with Gasteiger partial charge < -0.3 is 0 Å². The lowest BCUT2D eigenvalue weighted by Crippen LogP contribution is -2.30. The second kappa shape index (κ2) is 6.23. The first-order valence-corrected chi connectivity index (χ1v) is 7.27. The standard InChI is InChI=1S/C12H20N6S/c1-4-9-6-10(18(5-2)16-9)7-11(14-13)12-8(3)15-17-19-12/h6,11,14H,4-5,7,13H2,1-3H3. The second-order valence-electron chi connectivity index (χ2n) is 4.44. The van der Waals surface area contributed by atoms with Crippen molar-refractivity contribution in [1.82, 2.24) is 24.8 Å². The third-order valence-electron chi connectivity index (χ3n) is 3.19. The third kappa shape index (κ3) is 2.99. The molecule has 7 heteroatoms. The number of aromatic nitrogens is 4. The number of nitrogens with zero attached hydrogens (tertiary/aromatic N) is 4. The number of nitrogens with one attached hydrogen (secondary N) is 1. The summed E-state index contributed by atoms with van der Waals surface area (Å²) in [6.07, 6.45) is 1.74. The molecule has 104 valence electrons. The van der Waals surface area contributed by atoms with Gasteiger partial charge in [0.05, 0.1) is 22.3 Å². The summed E-state index contributed by atoms with van der Waals surface area (Å²) in [6, 6.07) is 2.18. The molecule has 0 aromatic carbocycles. The van der Waals surface area contributed by atoms with Crippen LogP contribution in [0, 0.1) is 6.92 Å². The average Bonchev–Trinajstić information content (AvgIpc) is 3.01. The smallest absolute Gasteiger partial charge is 0.0773 e. The monoisotopic (exact) mass is 280 g/mol. The van der Waals surface area contributed by atoms with Crippen molar-refractivity contribution < 1.29 is 0 Å². The minimum absolute atomic E-state index is 0.0340. The van der Waals surface area contributed by atoms with E-state index in [1.165, 1.54) is 17.2 Å². The molecule has 0 spiro atoms. The van der Waals surface area contributed by atoms with Crippen LogP contribution >= 0.6 is 11.5 Å². The lowest BCUT2D eigenvalue weighted by Gasteiger charge is -2.14. The van der Waals surface area contributed by atoms with Crippen LogP contribution in [0.4, 0.5) is 0 Å². The Kier molecular flexibility index (Phi) is 4.62. The van der Waals surface area contributed by atoms with Gasteiger partial charge in [0.1, 0.15) is 0 Å². The molecule has 1 unspecified atom stereocenters. The number of nitrogens with two attached hydrogens (primary N) is 1. The molecule has 19 heavy (non-hydrogen) atoms. The molecular formula is C12H20N6S. The Balaban J connectivity index is 2.23. The van der Waals surface area contributed by atoms with E-state index >= 15 is 0 Å². The summed E-state index contributed by atoms with van der Waals surface area (Å²) in [6.45, 7) is 7.03. The molecule has 0 radical (unpaired) electrons. The Morgan fingerprint density at radius 1 is 1.47 bits per heavy atom. The number of hydrogen-bond acceptors (Lipinski definition) is 6. The number of rotatable bonds is 6. The van der Waals surface area contributed by atoms with Crippen LogP contribution in [-0.4, -0.2) is 19.4 Å². The summed E-state index contributed by atoms with van der Waals surface area (Å²) in [5.74, 6) is 5.68. The van der Waals surface area contributed by atoms with Crippen LogP contribution in [0.5, 0.6) is 0 Å². The van der Waals surface area contributed by atoms with Gasteiger partial charge in [0, 0.05) is 18.7 Å². The molecule has 3 N–H and O–H groups in total. The normalized spacial score (nSPS) is 12.8. The van der Waals surface area contributed by atoms with E-state index in [-0.39, 0.29) is 6.04 Å². The maximum Gasteiger partial charge on any atom is 0.0773 e. The van der Waals surface area contributed by atoms with E-state index in [1.54, 1.807) is 0 Å². The molecule has 0 aliphatic heterocycles. The quantitative estimate of drug-likeness (QED) is 0.617. The molecule has 0 saturated heterocycles. The van der Waals surface area contributed by atoms with Gasteiger partial charge in [0.25, 0.3) is 0 Å². The first kappa shape index (κ1) is 14.1. The Morgan fingerprint density at radius 3 is 2.79 bits per heavy atom. The summed E-state index contributed by atoms with van der Waals surface area (Å²) in [5, 5.41) is 8.60. The molecule has 0 aliphatic rings. The highest BCUT2D eigenvalue weighted by molar-refractivity contribution is 7.05. The highest BCUT2D eigenvalue weighted by Crippen LogP contribution is 2.23. The third-order valence-corrected chi connectivity index (χ3v) is 4.13. The van der Waals surface area contributed by atoms with Crippen LogP contribution in [-0.2, 0) is 19.4 Å². The van der Waals surface area contributed by atoms with Crippen LogP contribution in [0.25, 0.3) is 0 Å². The SMILES string of the molecule is CCc1cc(CC(NN)c2snnc2C)n(CC)n1. The molecule has 2 aromatic heterocycles. The highest BCUT2D eigenvalue weighted by atomic mass is 32.1. The van der Waals surface area contributed by atoms with Crippen molar-refractivity contribution in [1.29, 1.82) is 0 Å². The number of aryl methyl sites for hydroxylation is 3. The van der Waals surface area contributed by atoms with E-state index < -0.39 is 0 Å². The minimum Gasteiger partial charge on any atom is -0.271 e. The molecular weight excluding hydrogens is 260 g/mol. The lowest BCUT2D eigenvalue weighted by molar-refractivity contribution is 0.520. The second-order valence-corrected chi connectivity index (χ2v) is 5.23. The summed E-state index contributed by atoms with van der Waals surface area (Å²) in [7, 11) is 0. The molecule has 0 bridgehead atoms. The molecule has 6 nitrogen and oxygen atoms in total. The topological polar surface area (TPSA) is 81.6 Å². The van der Waals surface area contributed by atoms with Crippen molar-refractivity contribution in [3.05, 3.63) is 28.0 Å². The minimum atomic E-state index is 0.0340. The van der Waals surface area contributed by atoms with Gasteiger partial charge in [-0.25, -0.2) is 0 Å². The van der Waals surface area contributed by atoms with Crippen molar-refractivity contribution in [3.8, 4) is 0 Å². The van der Waals surface area contributed by atoms with Crippen LogP contribution in [0.1, 0.15) is 41.8 Å². The van der Waals surface area contributed by atoms with Crippen LogP contribution in [0.2, 0.25) is 0 Å². The molecule has 2 aromatic rings. The van der Waals surface area contributed by atoms with E-state index in [0.717, 1.165) is 35.7 Å². The summed E-state index contributed by atoms with van der Waals surface area (Å²) in [4.78, 5) is 1.09. The van der Waals surface area contributed by atoms with Crippen LogP contribution < -0.4 is 11.3 Å². The lowest BCUT2D eigenvalue weighted by atomic mass is 10.1. The van der Waals surface area contributed by atoms with E-state index in [1.807, 2.05) is 11.6 Å². The zero-order valence-corrected chi connectivity index (χ0v) is 12.4. The fourth-order valence-corrected chi connectivity index (χ4v) is 2.82. The van der Waals surface area contributed by atoms with Gasteiger partial charge in [-0.3, -0.25) is 16.0 Å². The Hall–Kier alpha value is -1.31. The van der Waals surface area contributed by atoms with Gasteiger partial charge in [0.15, 0.2) is 0 Å². The molecule has 0 saturated carbocycles. The summed E-state index contributed by atoms with van der Waals surface area (Å²) >= 11 is 1.39. The van der Waals surface area contributed by atoms with E-state index in [4.69, 9.17) is 5.84 Å². The first-order chi connectivity index (χ1) is 9.19. The first-order valence-electron chi connectivity index (χ1n) is 6.50. The van der Waals surface area contributed by atoms with Gasteiger partial charge in [-0.15, -0.1) is 5.10 Å². The van der Waals surface area contributed by atoms with Gasteiger partial charge in [0.2, 0.25) is 0 Å². The predicted octanol–water partition coefficient (Wildman–Crippen LogP) is 1.37. The van der Waals surface area contributed by atoms with E-state index in [9.17, 15) is 0 Å². The van der Waals surface area contributed by atoms with Crippen LogP contribution in [0.15, 0.2) is 6.07 Å². The van der Waals surface area contributed by atoms with E-state index in [0.29, 0.717) is 0 Å². The van der Waals surface area contributed by atoms with Crippen molar-refractivity contribution in [2.24, 2.45) is 5.84 Å². The zero-order valence-electron chi connectivity index (χ0n) is 11.6. The fourth-order valence-electron chi connectivity index (χ4n) is 2.12. The number of hydrazine groups is 1. The Morgan fingerprint density at radius 2 is 2.26 bits per heavy atom. The summed E-state index contributed by atoms with van der Waals surface area (Å²) in [5.41, 5.74) is 6.11. The molecule has 2 rings (SSSR count). The summed E-state index contributed by atoms with van der Waals surface area (Å²) < 4.78 is 6.00. The fraction of sp³-hybridized carbons (Fsp3) is 0.583. The molecule has 0 amide bonds.